The summed E-state index contributed by atoms with van der Waals surface area (Å²) in [6.45, 7) is 6.17. The van der Waals surface area contributed by atoms with Crippen molar-refractivity contribution in [2.75, 3.05) is 33.0 Å². The van der Waals surface area contributed by atoms with Crippen molar-refractivity contribution in [1.29, 1.82) is 0 Å². The molecule has 0 unspecified atom stereocenters. The second-order valence-electron chi connectivity index (χ2n) is 4.00. The molecule has 0 saturated heterocycles. The predicted octanol–water partition coefficient (Wildman–Crippen LogP) is 2.39. The zero-order valence-corrected chi connectivity index (χ0v) is 13.0. The van der Waals surface area contributed by atoms with Gasteiger partial charge in [-0.1, -0.05) is 32.0 Å². The summed E-state index contributed by atoms with van der Waals surface area (Å²) in [5.41, 5.74) is 4.92. The zero-order valence-electron chi connectivity index (χ0n) is 13.0. The molecule has 0 radical (unpaired) electrons. The first-order valence-corrected chi connectivity index (χ1v) is 7.40. The Hall–Kier alpha value is -1.59. The minimum absolute atomic E-state index is 0.0473. The van der Waals surface area contributed by atoms with E-state index in [2.05, 4.69) is 0 Å². The Morgan fingerprint density at radius 3 is 2.24 bits per heavy atom. The minimum atomic E-state index is -0.460. The highest BCUT2D eigenvalue weighted by Crippen LogP contribution is 2.08. The molecule has 0 atom stereocenters. The number of benzene rings is 1. The van der Waals surface area contributed by atoms with E-state index in [1.807, 2.05) is 44.2 Å². The van der Waals surface area contributed by atoms with Crippen LogP contribution in [0.2, 0.25) is 0 Å². The van der Waals surface area contributed by atoms with E-state index in [0.29, 0.717) is 26.4 Å². The van der Waals surface area contributed by atoms with Crippen molar-refractivity contribution in [3.05, 3.63) is 30.3 Å². The Kier molecular flexibility index (Phi) is 13.7. The van der Waals surface area contributed by atoms with Crippen LogP contribution in [0.5, 0.6) is 5.75 Å². The topological polar surface area (TPSA) is 70.8 Å². The number of amides is 1. The maximum atomic E-state index is 10.4. The summed E-state index contributed by atoms with van der Waals surface area (Å²) in [6.07, 6.45) is 1.87. The van der Waals surface area contributed by atoms with Gasteiger partial charge in [-0.25, -0.2) is 0 Å². The standard InChI is InChI=1S/C14H21NO4.C2H6/c15-14(16)12-18-11-10-17-8-4-5-9-19-13-6-2-1-3-7-13;1-2/h1-3,6-7H,4-5,8-12H2,(H2,15,16);1-2H3. The lowest BCUT2D eigenvalue weighted by atomic mass is 10.3. The summed E-state index contributed by atoms with van der Waals surface area (Å²) in [5.74, 6) is 0.432. The van der Waals surface area contributed by atoms with Crippen molar-refractivity contribution in [2.24, 2.45) is 5.73 Å². The molecule has 1 amide bonds. The number of nitrogens with two attached hydrogens (primary N) is 1. The van der Waals surface area contributed by atoms with Gasteiger partial charge in [-0.15, -0.1) is 0 Å². The van der Waals surface area contributed by atoms with Crippen LogP contribution in [0.1, 0.15) is 26.7 Å². The van der Waals surface area contributed by atoms with E-state index in [0.717, 1.165) is 18.6 Å². The van der Waals surface area contributed by atoms with Crippen LogP contribution < -0.4 is 10.5 Å². The monoisotopic (exact) mass is 297 g/mol. The van der Waals surface area contributed by atoms with Crippen molar-refractivity contribution in [2.45, 2.75) is 26.7 Å². The third kappa shape index (κ3) is 13.2. The Morgan fingerprint density at radius 1 is 0.952 bits per heavy atom. The molecule has 0 aromatic heterocycles. The second-order valence-corrected chi connectivity index (χ2v) is 4.00. The average molecular weight is 297 g/mol. The molecule has 0 fully saturated rings. The molecule has 5 heteroatoms. The van der Waals surface area contributed by atoms with E-state index in [1.54, 1.807) is 0 Å². The van der Waals surface area contributed by atoms with Gasteiger partial charge in [-0.2, -0.15) is 0 Å². The number of para-hydroxylation sites is 1. The number of ether oxygens (including phenoxy) is 3. The average Bonchev–Trinajstić information content (AvgIpc) is 2.52. The van der Waals surface area contributed by atoms with Crippen LogP contribution in [0.4, 0.5) is 0 Å². The Balaban J connectivity index is 0.00000191. The fraction of sp³-hybridized carbons (Fsp3) is 0.562. The van der Waals surface area contributed by atoms with Crippen LogP contribution in [0.3, 0.4) is 0 Å². The maximum absolute atomic E-state index is 10.4. The number of carbonyl (C=O) groups excluding carboxylic acids is 1. The van der Waals surface area contributed by atoms with E-state index in [9.17, 15) is 4.79 Å². The molecule has 5 nitrogen and oxygen atoms in total. The highest BCUT2D eigenvalue weighted by Gasteiger charge is 1.95. The molecule has 2 N–H and O–H groups in total. The van der Waals surface area contributed by atoms with Crippen molar-refractivity contribution >= 4 is 5.91 Å². The molecule has 120 valence electrons. The normalized spacial score (nSPS) is 9.62. The van der Waals surface area contributed by atoms with Gasteiger partial charge >= 0.3 is 0 Å². The van der Waals surface area contributed by atoms with Gasteiger partial charge in [0.2, 0.25) is 5.91 Å². The van der Waals surface area contributed by atoms with Crippen molar-refractivity contribution in [3.63, 3.8) is 0 Å². The zero-order chi connectivity index (χ0) is 15.8. The molecular formula is C16H27NO4. The van der Waals surface area contributed by atoms with Crippen LogP contribution in [-0.4, -0.2) is 38.9 Å². The molecule has 0 saturated carbocycles. The van der Waals surface area contributed by atoms with Crippen LogP contribution in [0.15, 0.2) is 30.3 Å². The van der Waals surface area contributed by atoms with Crippen molar-refractivity contribution in [3.8, 4) is 5.75 Å². The maximum Gasteiger partial charge on any atom is 0.243 e. The Labute approximate surface area is 127 Å². The molecule has 1 aromatic rings. The predicted molar refractivity (Wildman–Crippen MR) is 83.4 cm³/mol. The van der Waals surface area contributed by atoms with Crippen LogP contribution in [-0.2, 0) is 14.3 Å². The summed E-state index contributed by atoms with van der Waals surface area (Å²) in [4.78, 5) is 10.4. The summed E-state index contributed by atoms with van der Waals surface area (Å²) in [7, 11) is 0. The van der Waals surface area contributed by atoms with Gasteiger partial charge in [0, 0.05) is 6.61 Å². The molecule has 1 aromatic carbocycles. The molecule has 1 rings (SSSR count). The van der Waals surface area contributed by atoms with Crippen LogP contribution in [0, 0.1) is 0 Å². The van der Waals surface area contributed by atoms with E-state index in [1.165, 1.54) is 0 Å². The molecule has 0 bridgehead atoms. The highest BCUT2D eigenvalue weighted by atomic mass is 16.5. The van der Waals surface area contributed by atoms with Gasteiger partial charge in [-0.05, 0) is 25.0 Å². The minimum Gasteiger partial charge on any atom is -0.494 e. The first kappa shape index (κ1) is 19.4. The molecule has 0 aliphatic heterocycles. The first-order chi connectivity index (χ1) is 10.3. The largest absolute Gasteiger partial charge is 0.494 e. The lowest BCUT2D eigenvalue weighted by molar-refractivity contribution is -0.123. The molecule has 0 spiro atoms. The van der Waals surface area contributed by atoms with Gasteiger partial charge in [0.15, 0.2) is 0 Å². The van der Waals surface area contributed by atoms with E-state index in [-0.39, 0.29) is 6.61 Å². The van der Waals surface area contributed by atoms with E-state index < -0.39 is 5.91 Å². The van der Waals surface area contributed by atoms with Gasteiger partial charge < -0.3 is 19.9 Å². The molecule has 0 aliphatic carbocycles. The number of carbonyl (C=O) groups is 1. The number of primary amides is 1. The van der Waals surface area contributed by atoms with E-state index in [4.69, 9.17) is 19.9 Å². The quantitative estimate of drug-likeness (QED) is 0.637. The van der Waals surface area contributed by atoms with Gasteiger partial charge in [0.25, 0.3) is 0 Å². The van der Waals surface area contributed by atoms with Gasteiger partial charge in [-0.3, -0.25) is 4.79 Å². The lowest BCUT2D eigenvalue weighted by Crippen LogP contribution is -2.19. The molecule has 21 heavy (non-hydrogen) atoms. The molecule has 0 heterocycles. The SMILES string of the molecule is CC.NC(=O)COCCOCCCCOc1ccccc1. The molecule has 0 aliphatic rings. The lowest BCUT2D eigenvalue weighted by Gasteiger charge is -2.06. The van der Waals surface area contributed by atoms with Crippen molar-refractivity contribution in [1.82, 2.24) is 0 Å². The smallest absolute Gasteiger partial charge is 0.243 e. The number of rotatable bonds is 11. The third-order valence-corrected chi connectivity index (χ3v) is 2.31. The second kappa shape index (κ2) is 14.8. The first-order valence-electron chi connectivity index (χ1n) is 7.40. The summed E-state index contributed by atoms with van der Waals surface area (Å²) < 4.78 is 15.8. The van der Waals surface area contributed by atoms with Crippen LogP contribution in [0.25, 0.3) is 0 Å². The fourth-order valence-corrected chi connectivity index (χ4v) is 1.41. The summed E-state index contributed by atoms with van der Waals surface area (Å²) in [5, 5.41) is 0. The van der Waals surface area contributed by atoms with Gasteiger partial charge in [0.05, 0.1) is 19.8 Å². The van der Waals surface area contributed by atoms with Crippen LogP contribution >= 0.6 is 0 Å². The number of hydrogen-bond donors (Lipinski definition) is 1. The number of hydrogen-bond acceptors (Lipinski definition) is 4. The fourth-order valence-electron chi connectivity index (χ4n) is 1.41. The highest BCUT2D eigenvalue weighted by molar-refractivity contribution is 5.74. The summed E-state index contributed by atoms with van der Waals surface area (Å²) in [6, 6.07) is 9.73. The Bertz CT molecular complexity index is 343. The van der Waals surface area contributed by atoms with E-state index >= 15 is 0 Å². The third-order valence-electron chi connectivity index (χ3n) is 2.31. The van der Waals surface area contributed by atoms with Gasteiger partial charge in [0.1, 0.15) is 12.4 Å². The Morgan fingerprint density at radius 2 is 1.57 bits per heavy atom. The summed E-state index contributed by atoms with van der Waals surface area (Å²) >= 11 is 0. The van der Waals surface area contributed by atoms with Crippen molar-refractivity contribution < 1.29 is 19.0 Å². The molecular weight excluding hydrogens is 270 g/mol. The number of unbranched alkanes of at least 4 members (excludes halogenated alkanes) is 1.